The first-order valence-corrected chi connectivity index (χ1v) is 14.2. The molecule has 0 spiro atoms. The summed E-state index contributed by atoms with van der Waals surface area (Å²) in [7, 11) is -2.31. The number of sulfonamides is 1. The van der Waals surface area contributed by atoms with Gasteiger partial charge in [-0.3, -0.25) is 9.59 Å². The molecular weight excluding hydrogens is 544 g/mol. The van der Waals surface area contributed by atoms with Crippen molar-refractivity contribution in [2.45, 2.75) is 24.0 Å². The lowest BCUT2D eigenvalue weighted by molar-refractivity contribution is -0.139. The lowest BCUT2D eigenvalue weighted by Gasteiger charge is -2.17. The minimum Gasteiger partial charge on any atom is -0.497 e. The molecule has 1 aliphatic heterocycles. The van der Waals surface area contributed by atoms with Gasteiger partial charge in [-0.05, 0) is 52.6 Å². The summed E-state index contributed by atoms with van der Waals surface area (Å²) in [4.78, 5) is 38.8. The van der Waals surface area contributed by atoms with Gasteiger partial charge in [-0.2, -0.15) is 4.31 Å². The molecule has 6 rings (SSSR count). The summed E-state index contributed by atoms with van der Waals surface area (Å²) in [5, 5.41) is 12.7. The highest BCUT2D eigenvalue weighted by Gasteiger charge is 2.34. The molecule has 1 unspecified atom stereocenters. The average Bonchev–Trinajstić information content (AvgIpc) is 3.55. The van der Waals surface area contributed by atoms with Crippen LogP contribution in [0.1, 0.15) is 49.0 Å². The number of benzene rings is 4. The Labute approximate surface area is 236 Å². The largest absolute Gasteiger partial charge is 0.497 e. The molecule has 1 heterocycles. The highest BCUT2D eigenvalue weighted by atomic mass is 32.2. The summed E-state index contributed by atoms with van der Waals surface area (Å²) in [6, 6.07) is 21.4. The number of ether oxygens (including phenoxy) is 1. The van der Waals surface area contributed by atoms with Crippen molar-refractivity contribution < 1.29 is 32.6 Å². The van der Waals surface area contributed by atoms with Gasteiger partial charge >= 0.3 is 5.97 Å². The van der Waals surface area contributed by atoms with Crippen molar-refractivity contribution in [2.75, 3.05) is 7.11 Å². The minimum absolute atomic E-state index is 0.0584. The van der Waals surface area contributed by atoms with Crippen LogP contribution < -0.4 is 10.1 Å². The highest BCUT2D eigenvalue weighted by molar-refractivity contribution is 7.89. The van der Waals surface area contributed by atoms with Crippen LogP contribution in [0.3, 0.4) is 0 Å². The van der Waals surface area contributed by atoms with Crippen LogP contribution in [0.4, 0.5) is 0 Å². The third-order valence-electron chi connectivity index (χ3n) is 7.47. The molecule has 41 heavy (non-hydrogen) atoms. The first kappa shape index (κ1) is 26.4. The van der Waals surface area contributed by atoms with Crippen molar-refractivity contribution in [2.24, 2.45) is 0 Å². The third-order valence-corrected chi connectivity index (χ3v) is 9.28. The van der Waals surface area contributed by atoms with Gasteiger partial charge in [0.05, 0.1) is 12.0 Å². The maximum atomic E-state index is 13.4. The summed E-state index contributed by atoms with van der Waals surface area (Å²) in [5.41, 5.74) is 3.88. The third kappa shape index (κ3) is 4.47. The topological polar surface area (TPSA) is 130 Å². The molecule has 0 fully saturated rings. The maximum Gasteiger partial charge on any atom is 0.330 e. The number of carbonyl (C=O) groups is 3. The number of hydrogen-bond donors (Lipinski definition) is 2. The van der Waals surface area contributed by atoms with Crippen molar-refractivity contribution in [1.29, 1.82) is 0 Å². The normalized spacial score (nSPS) is 14.6. The molecule has 0 radical (unpaired) electrons. The molecule has 1 atom stereocenters. The standard InChI is InChI=1S/C31H24N2O7S/c1-40-21-11-13-22(14-12-21)41(38,39)33-16-19-10-9-18(15-20(19)17-33)28(31(36)37)32-30(35)26-8-4-7-25-27(26)23-5-2-3-6-24(23)29(25)34/h2-15,28H,16-17H2,1H3,(H,32,35)(H,36,37). The van der Waals surface area contributed by atoms with E-state index < -0.39 is 27.9 Å². The van der Waals surface area contributed by atoms with Crippen LogP contribution in [0.25, 0.3) is 11.1 Å². The molecule has 10 heteroatoms. The smallest absolute Gasteiger partial charge is 0.330 e. The quantitative estimate of drug-likeness (QED) is 0.301. The van der Waals surface area contributed by atoms with Gasteiger partial charge in [0, 0.05) is 35.3 Å². The first-order chi connectivity index (χ1) is 19.7. The molecule has 1 aliphatic carbocycles. The number of nitrogens with one attached hydrogen (secondary N) is 1. The van der Waals surface area contributed by atoms with E-state index in [1.54, 1.807) is 72.8 Å². The predicted molar refractivity (Wildman–Crippen MR) is 149 cm³/mol. The number of carbonyl (C=O) groups excluding carboxylic acids is 2. The van der Waals surface area contributed by atoms with E-state index in [1.165, 1.54) is 23.5 Å². The zero-order chi connectivity index (χ0) is 28.9. The second-order valence-electron chi connectivity index (χ2n) is 9.82. The number of aliphatic carboxylic acids is 1. The molecule has 4 aromatic rings. The van der Waals surface area contributed by atoms with Gasteiger partial charge in [-0.25, -0.2) is 13.2 Å². The van der Waals surface area contributed by atoms with Crippen LogP contribution in [-0.2, 0) is 27.9 Å². The lowest BCUT2D eigenvalue weighted by atomic mass is 9.97. The van der Waals surface area contributed by atoms with E-state index in [0.717, 1.165) is 5.56 Å². The van der Waals surface area contributed by atoms with Gasteiger partial charge in [0.25, 0.3) is 5.91 Å². The summed E-state index contributed by atoms with van der Waals surface area (Å²) < 4.78 is 32.9. The molecule has 0 aromatic heterocycles. The van der Waals surface area contributed by atoms with E-state index in [9.17, 15) is 27.9 Å². The molecule has 206 valence electrons. The van der Waals surface area contributed by atoms with Crippen molar-refractivity contribution in [3.05, 3.63) is 118 Å². The van der Waals surface area contributed by atoms with E-state index in [2.05, 4.69) is 5.32 Å². The Bertz CT molecular complexity index is 1850. The number of hydrogen-bond acceptors (Lipinski definition) is 6. The minimum atomic E-state index is -3.81. The molecule has 2 N–H and O–H groups in total. The Balaban J connectivity index is 1.26. The van der Waals surface area contributed by atoms with Gasteiger partial charge < -0.3 is 15.2 Å². The van der Waals surface area contributed by atoms with Crippen LogP contribution in [-0.4, -0.2) is 42.6 Å². The summed E-state index contributed by atoms with van der Waals surface area (Å²) in [6.07, 6.45) is 0. The number of ketones is 1. The van der Waals surface area contributed by atoms with Gasteiger partial charge in [-0.15, -0.1) is 0 Å². The highest BCUT2D eigenvalue weighted by Crippen LogP contribution is 2.39. The van der Waals surface area contributed by atoms with E-state index in [-0.39, 0.29) is 29.3 Å². The van der Waals surface area contributed by atoms with Crippen molar-refractivity contribution >= 4 is 27.7 Å². The Morgan fingerprint density at radius 2 is 1.56 bits per heavy atom. The number of nitrogens with zero attached hydrogens (tertiary/aromatic N) is 1. The average molecular weight is 569 g/mol. The second-order valence-corrected chi connectivity index (χ2v) is 11.8. The van der Waals surface area contributed by atoms with Gasteiger partial charge in [0.2, 0.25) is 10.0 Å². The number of carboxylic acid groups (broad SMARTS) is 1. The van der Waals surface area contributed by atoms with Crippen LogP contribution in [0, 0.1) is 0 Å². The van der Waals surface area contributed by atoms with E-state index >= 15 is 0 Å². The molecule has 1 amide bonds. The van der Waals surface area contributed by atoms with Crippen molar-refractivity contribution in [3.8, 4) is 16.9 Å². The molecule has 0 bridgehead atoms. The van der Waals surface area contributed by atoms with E-state index in [0.29, 0.717) is 39.1 Å². The van der Waals surface area contributed by atoms with Gasteiger partial charge in [0.15, 0.2) is 11.8 Å². The summed E-state index contributed by atoms with van der Waals surface area (Å²) in [6.45, 7) is 0.195. The SMILES string of the molecule is COc1ccc(S(=O)(=O)N2Cc3ccc(C(NC(=O)c4cccc5c4-c4ccccc4C5=O)C(=O)O)cc3C2)cc1. The number of carboxylic acids is 1. The predicted octanol–water partition coefficient (Wildman–Crippen LogP) is 4.17. The monoisotopic (exact) mass is 568 g/mol. The molecule has 2 aliphatic rings. The molecular formula is C31H24N2O7S. The van der Waals surface area contributed by atoms with Gasteiger partial charge in [-0.1, -0.05) is 54.6 Å². The molecule has 0 saturated carbocycles. The number of rotatable bonds is 7. The Morgan fingerprint density at radius 1 is 0.878 bits per heavy atom. The summed E-state index contributed by atoms with van der Waals surface area (Å²) >= 11 is 0. The first-order valence-electron chi connectivity index (χ1n) is 12.8. The number of amides is 1. The molecule has 9 nitrogen and oxygen atoms in total. The van der Waals surface area contributed by atoms with Crippen molar-refractivity contribution in [3.63, 3.8) is 0 Å². The fraction of sp³-hybridized carbons (Fsp3) is 0.129. The zero-order valence-electron chi connectivity index (χ0n) is 21.8. The van der Waals surface area contributed by atoms with Crippen LogP contribution >= 0.6 is 0 Å². The molecule has 4 aromatic carbocycles. The van der Waals surface area contributed by atoms with Crippen molar-refractivity contribution in [1.82, 2.24) is 9.62 Å². The van der Waals surface area contributed by atoms with E-state index in [1.807, 2.05) is 0 Å². The Hall–Kier alpha value is -4.80. The van der Waals surface area contributed by atoms with Gasteiger partial charge in [0.1, 0.15) is 5.75 Å². The van der Waals surface area contributed by atoms with Crippen LogP contribution in [0.2, 0.25) is 0 Å². The lowest BCUT2D eigenvalue weighted by Crippen LogP contribution is -2.34. The fourth-order valence-corrected chi connectivity index (χ4v) is 6.79. The number of methoxy groups -OCH3 is 1. The van der Waals surface area contributed by atoms with Crippen LogP contribution in [0.15, 0.2) is 89.8 Å². The zero-order valence-corrected chi connectivity index (χ0v) is 22.6. The number of fused-ring (bicyclic) bond motifs is 4. The Morgan fingerprint density at radius 3 is 2.27 bits per heavy atom. The fourth-order valence-electron chi connectivity index (χ4n) is 5.39. The van der Waals surface area contributed by atoms with E-state index in [4.69, 9.17) is 4.74 Å². The Kier molecular flexibility index (Phi) is 6.44. The maximum absolute atomic E-state index is 13.4. The van der Waals surface area contributed by atoms with Crippen LogP contribution in [0.5, 0.6) is 5.75 Å². The second kappa shape index (κ2) is 9.99. The summed E-state index contributed by atoms with van der Waals surface area (Å²) in [5.74, 6) is -1.56. The molecule has 0 saturated heterocycles.